The van der Waals surface area contributed by atoms with Gasteiger partial charge in [0.2, 0.25) is 0 Å². The molecule has 0 saturated heterocycles. The molecule has 0 spiro atoms. The Kier molecular flexibility index (Phi) is 4.93. The molecule has 0 atom stereocenters. The van der Waals surface area contributed by atoms with Crippen LogP contribution in [0.5, 0.6) is 17.2 Å². The predicted molar refractivity (Wildman–Crippen MR) is 99.9 cm³/mol. The number of carbonyl (C=O) groups is 1. The second-order valence-corrected chi connectivity index (χ2v) is 5.77. The number of nitrogens with zero attached hydrogens (tertiary/aromatic N) is 1. The van der Waals surface area contributed by atoms with Gasteiger partial charge in [0.25, 0.3) is 5.91 Å². The zero-order valence-corrected chi connectivity index (χ0v) is 15.1. The largest absolute Gasteiger partial charge is 0.497 e. The van der Waals surface area contributed by atoms with Crippen molar-refractivity contribution in [1.82, 2.24) is 5.32 Å². The Bertz CT molecular complexity index is 894. The van der Waals surface area contributed by atoms with Crippen LogP contribution in [0.2, 0.25) is 0 Å². The maximum absolute atomic E-state index is 12.3. The van der Waals surface area contributed by atoms with Crippen molar-refractivity contribution in [3.05, 3.63) is 58.8 Å². The Morgan fingerprint density at radius 2 is 1.65 bits per heavy atom. The van der Waals surface area contributed by atoms with E-state index in [0.717, 1.165) is 16.9 Å². The molecule has 0 bridgehead atoms. The third-order valence-corrected chi connectivity index (χ3v) is 4.04. The van der Waals surface area contributed by atoms with Crippen LogP contribution in [0, 0.1) is 6.92 Å². The summed E-state index contributed by atoms with van der Waals surface area (Å²) in [5, 5.41) is 2.79. The third-order valence-electron chi connectivity index (χ3n) is 4.04. The van der Waals surface area contributed by atoms with Crippen LogP contribution >= 0.6 is 0 Å². The number of carbonyl (C=O) groups excluding carboxylic acids is 1. The highest BCUT2D eigenvalue weighted by Crippen LogP contribution is 2.25. The summed E-state index contributed by atoms with van der Waals surface area (Å²) in [7, 11) is 4.78. The summed E-state index contributed by atoms with van der Waals surface area (Å²) in [6, 6.07) is 11.0. The molecule has 1 aliphatic heterocycles. The first-order valence-electron chi connectivity index (χ1n) is 8.04. The van der Waals surface area contributed by atoms with Gasteiger partial charge in [-0.2, -0.15) is 0 Å². The van der Waals surface area contributed by atoms with Gasteiger partial charge in [-0.05, 0) is 48.4 Å². The molecule has 6 heteroatoms. The lowest BCUT2D eigenvalue weighted by Crippen LogP contribution is -2.24. The molecular formula is C20H20N2O4. The summed E-state index contributed by atoms with van der Waals surface area (Å²) < 4.78 is 15.8. The molecule has 134 valence electrons. The van der Waals surface area contributed by atoms with E-state index in [0.29, 0.717) is 28.6 Å². The normalized spacial score (nSPS) is 14.8. The van der Waals surface area contributed by atoms with Crippen LogP contribution in [0.1, 0.15) is 16.7 Å². The fourth-order valence-corrected chi connectivity index (χ4v) is 2.70. The van der Waals surface area contributed by atoms with Gasteiger partial charge in [-0.25, -0.2) is 4.99 Å². The van der Waals surface area contributed by atoms with Gasteiger partial charge in [0.1, 0.15) is 28.8 Å². The van der Waals surface area contributed by atoms with E-state index in [1.807, 2.05) is 25.1 Å². The number of amidine groups is 1. The number of hydrogen-bond donors (Lipinski definition) is 1. The van der Waals surface area contributed by atoms with Crippen molar-refractivity contribution in [3.63, 3.8) is 0 Å². The Balaban J connectivity index is 1.95. The maximum atomic E-state index is 12.3. The third kappa shape index (κ3) is 3.54. The van der Waals surface area contributed by atoms with Crippen molar-refractivity contribution in [1.29, 1.82) is 0 Å². The van der Waals surface area contributed by atoms with Crippen LogP contribution in [0.15, 0.2) is 47.1 Å². The molecule has 1 heterocycles. The van der Waals surface area contributed by atoms with E-state index < -0.39 is 0 Å². The number of hydrogen-bond acceptors (Lipinski definition) is 5. The average molecular weight is 352 g/mol. The molecule has 2 aromatic rings. The van der Waals surface area contributed by atoms with Crippen LogP contribution < -0.4 is 19.5 Å². The summed E-state index contributed by atoms with van der Waals surface area (Å²) in [6.45, 7) is 1.95. The molecule has 1 aliphatic rings. The molecule has 0 unspecified atom stereocenters. The lowest BCUT2D eigenvalue weighted by Gasteiger charge is -2.08. The first kappa shape index (κ1) is 17.5. The molecule has 0 fully saturated rings. The van der Waals surface area contributed by atoms with E-state index in [-0.39, 0.29) is 5.91 Å². The Hall–Kier alpha value is -3.28. The van der Waals surface area contributed by atoms with E-state index in [9.17, 15) is 4.79 Å². The van der Waals surface area contributed by atoms with Crippen LogP contribution in [0.3, 0.4) is 0 Å². The van der Waals surface area contributed by atoms with Crippen LogP contribution in [-0.2, 0) is 4.79 Å². The molecule has 26 heavy (non-hydrogen) atoms. The van der Waals surface area contributed by atoms with Crippen molar-refractivity contribution in [3.8, 4) is 17.2 Å². The van der Waals surface area contributed by atoms with Crippen molar-refractivity contribution in [2.45, 2.75) is 6.92 Å². The Morgan fingerprint density at radius 1 is 0.962 bits per heavy atom. The zero-order chi connectivity index (χ0) is 18.7. The highest BCUT2D eigenvalue weighted by molar-refractivity contribution is 6.20. The summed E-state index contributed by atoms with van der Waals surface area (Å²) in [5.41, 5.74) is 2.92. The van der Waals surface area contributed by atoms with Crippen molar-refractivity contribution >= 4 is 17.8 Å². The second kappa shape index (κ2) is 7.31. The predicted octanol–water partition coefficient (Wildman–Crippen LogP) is 2.94. The SMILES string of the molecule is COc1cc(OC)cc(C2=N/C(=C/c3ccc(OC)c(C)c3)C(=O)N2)c1. The number of methoxy groups -OCH3 is 3. The van der Waals surface area contributed by atoms with Crippen LogP contribution in [0.4, 0.5) is 0 Å². The fraction of sp³-hybridized carbons (Fsp3) is 0.200. The lowest BCUT2D eigenvalue weighted by molar-refractivity contribution is -0.115. The first-order valence-corrected chi connectivity index (χ1v) is 8.04. The van der Waals surface area contributed by atoms with E-state index in [1.54, 1.807) is 45.6 Å². The van der Waals surface area contributed by atoms with Gasteiger partial charge >= 0.3 is 0 Å². The molecule has 2 aromatic carbocycles. The zero-order valence-electron chi connectivity index (χ0n) is 15.1. The summed E-state index contributed by atoms with van der Waals surface area (Å²) in [6.07, 6.45) is 1.74. The van der Waals surface area contributed by atoms with E-state index >= 15 is 0 Å². The second-order valence-electron chi connectivity index (χ2n) is 5.77. The van der Waals surface area contributed by atoms with Crippen molar-refractivity contribution < 1.29 is 19.0 Å². The van der Waals surface area contributed by atoms with E-state index in [4.69, 9.17) is 14.2 Å². The number of amides is 1. The van der Waals surface area contributed by atoms with Gasteiger partial charge < -0.3 is 19.5 Å². The topological polar surface area (TPSA) is 69.1 Å². The van der Waals surface area contributed by atoms with Gasteiger partial charge in [-0.1, -0.05) is 6.07 Å². The minimum Gasteiger partial charge on any atom is -0.497 e. The van der Waals surface area contributed by atoms with Gasteiger partial charge in [-0.15, -0.1) is 0 Å². The standard InChI is InChI=1S/C20H20N2O4/c1-12-7-13(5-6-18(12)26-4)8-17-20(23)22-19(21-17)14-9-15(24-2)11-16(10-14)25-3/h5-11H,1-4H3,(H,21,22,23)/b17-8+. The monoisotopic (exact) mass is 352 g/mol. The number of ether oxygens (including phenoxy) is 3. The molecular weight excluding hydrogens is 332 g/mol. The minimum atomic E-state index is -0.254. The summed E-state index contributed by atoms with van der Waals surface area (Å²) in [4.78, 5) is 16.7. The lowest BCUT2D eigenvalue weighted by atomic mass is 10.1. The first-order chi connectivity index (χ1) is 12.5. The van der Waals surface area contributed by atoms with Crippen molar-refractivity contribution in [2.24, 2.45) is 4.99 Å². The quantitative estimate of drug-likeness (QED) is 0.840. The molecule has 3 rings (SSSR count). The fourth-order valence-electron chi connectivity index (χ4n) is 2.70. The van der Waals surface area contributed by atoms with Crippen LogP contribution in [-0.4, -0.2) is 33.1 Å². The summed E-state index contributed by atoms with van der Waals surface area (Å²) >= 11 is 0. The molecule has 0 saturated carbocycles. The van der Waals surface area contributed by atoms with E-state index in [2.05, 4.69) is 10.3 Å². The highest BCUT2D eigenvalue weighted by Gasteiger charge is 2.22. The van der Waals surface area contributed by atoms with Crippen LogP contribution in [0.25, 0.3) is 6.08 Å². The molecule has 0 radical (unpaired) electrons. The molecule has 6 nitrogen and oxygen atoms in total. The smallest absolute Gasteiger partial charge is 0.275 e. The van der Waals surface area contributed by atoms with Gasteiger partial charge in [0.15, 0.2) is 0 Å². The molecule has 0 aliphatic carbocycles. The molecule has 1 N–H and O–H groups in total. The highest BCUT2D eigenvalue weighted by atomic mass is 16.5. The average Bonchev–Trinajstić information content (AvgIpc) is 3.02. The van der Waals surface area contributed by atoms with Gasteiger partial charge in [-0.3, -0.25) is 4.79 Å². The Morgan fingerprint density at radius 3 is 2.23 bits per heavy atom. The summed E-state index contributed by atoms with van der Waals surface area (Å²) in [5.74, 6) is 2.26. The Labute approximate surface area is 152 Å². The molecule has 0 aromatic heterocycles. The van der Waals surface area contributed by atoms with Gasteiger partial charge in [0, 0.05) is 11.6 Å². The number of aryl methyl sites for hydroxylation is 1. The van der Waals surface area contributed by atoms with Crippen molar-refractivity contribution in [2.75, 3.05) is 21.3 Å². The number of aliphatic imine (C=N–C) groups is 1. The maximum Gasteiger partial charge on any atom is 0.275 e. The van der Waals surface area contributed by atoms with E-state index in [1.165, 1.54) is 0 Å². The number of rotatable bonds is 5. The number of benzene rings is 2. The minimum absolute atomic E-state index is 0.254. The molecule has 1 amide bonds. The number of nitrogens with one attached hydrogen (secondary N) is 1. The van der Waals surface area contributed by atoms with Gasteiger partial charge in [0.05, 0.1) is 21.3 Å².